The van der Waals surface area contributed by atoms with Gasteiger partial charge in [0.05, 0.1) is 6.42 Å². The number of hydrogen-bond donors (Lipinski definition) is 2. The zero-order chi connectivity index (χ0) is 10.7. The van der Waals surface area contributed by atoms with E-state index < -0.39 is 12.0 Å². The molecule has 0 saturated carbocycles. The molecule has 0 aromatic carbocycles. The number of rotatable bonds is 4. The number of aliphatic carboxylic acids is 1. The van der Waals surface area contributed by atoms with Crippen molar-refractivity contribution in [1.82, 2.24) is 10.2 Å². The Kier molecular flexibility index (Phi) is 3.19. The Hall–Kier alpha value is -1.43. The van der Waals surface area contributed by atoms with E-state index in [1.54, 1.807) is 0 Å². The van der Waals surface area contributed by atoms with Crippen molar-refractivity contribution in [3.63, 3.8) is 0 Å². The summed E-state index contributed by atoms with van der Waals surface area (Å²) < 4.78 is 0. The van der Waals surface area contributed by atoms with Crippen molar-refractivity contribution in [3.8, 4) is 0 Å². The molecule has 6 heteroatoms. The summed E-state index contributed by atoms with van der Waals surface area (Å²) in [6.45, 7) is 3.79. The zero-order valence-electron chi connectivity index (χ0n) is 7.40. The third kappa shape index (κ3) is 2.08. The monoisotopic (exact) mass is 214 g/mol. The number of hydrogen-bond acceptors (Lipinski definition) is 3. The largest absolute Gasteiger partial charge is 0.481 e. The molecule has 1 fully saturated rings. The Balaban J connectivity index is 2.68. The van der Waals surface area contributed by atoms with Crippen molar-refractivity contribution < 1.29 is 14.7 Å². The van der Waals surface area contributed by atoms with Gasteiger partial charge in [-0.1, -0.05) is 6.08 Å². The van der Waals surface area contributed by atoms with Gasteiger partial charge >= 0.3 is 5.97 Å². The molecular weight excluding hydrogens is 204 g/mol. The van der Waals surface area contributed by atoms with Crippen molar-refractivity contribution >= 4 is 29.2 Å². The van der Waals surface area contributed by atoms with Crippen molar-refractivity contribution in [2.24, 2.45) is 0 Å². The first-order valence-corrected chi connectivity index (χ1v) is 4.41. The molecule has 0 aromatic heterocycles. The number of nitrogens with zero attached hydrogens (tertiary/aromatic N) is 1. The quantitative estimate of drug-likeness (QED) is 0.498. The molecule has 2 N–H and O–H groups in total. The summed E-state index contributed by atoms with van der Waals surface area (Å²) in [7, 11) is 0. The smallest absolute Gasteiger partial charge is 0.305 e. The van der Waals surface area contributed by atoms with Gasteiger partial charge < -0.3 is 10.4 Å². The van der Waals surface area contributed by atoms with Gasteiger partial charge in [0.15, 0.2) is 5.11 Å². The SMILES string of the molecule is C=CCN1C(=O)[C@@H](CC(=O)O)NC1=S. The molecule has 0 radical (unpaired) electrons. The van der Waals surface area contributed by atoms with Crippen LogP contribution in [0.2, 0.25) is 0 Å². The molecule has 1 atom stereocenters. The summed E-state index contributed by atoms with van der Waals surface area (Å²) in [5.74, 6) is -1.34. The highest BCUT2D eigenvalue weighted by Gasteiger charge is 2.35. The van der Waals surface area contributed by atoms with Gasteiger partial charge in [0, 0.05) is 6.54 Å². The third-order valence-electron chi connectivity index (χ3n) is 1.80. The Morgan fingerprint density at radius 2 is 2.43 bits per heavy atom. The van der Waals surface area contributed by atoms with Gasteiger partial charge in [-0.15, -0.1) is 6.58 Å². The molecule has 0 bridgehead atoms. The summed E-state index contributed by atoms with van der Waals surface area (Å²) >= 11 is 4.87. The number of thiocarbonyl (C=S) groups is 1. The summed E-state index contributed by atoms with van der Waals surface area (Å²) in [5, 5.41) is 11.4. The molecule has 5 nitrogen and oxygen atoms in total. The van der Waals surface area contributed by atoms with Crippen LogP contribution in [0, 0.1) is 0 Å². The molecule has 1 heterocycles. The second-order valence-electron chi connectivity index (χ2n) is 2.84. The Bertz CT molecular complexity index is 303. The summed E-state index contributed by atoms with van der Waals surface area (Å²) in [6, 6.07) is -0.736. The predicted octanol–water partition coefficient (Wildman–Crippen LogP) is -0.268. The van der Waals surface area contributed by atoms with E-state index in [1.165, 1.54) is 11.0 Å². The average molecular weight is 214 g/mol. The van der Waals surface area contributed by atoms with E-state index in [4.69, 9.17) is 17.3 Å². The Morgan fingerprint density at radius 1 is 1.79 bits per heavy atom. The van der Waals surface area contributed by atoms with Gasteiger partial charge in [0.25, 0.3) is 5.91 Å². The van der Waals surface area contributed by atoms with Crippen LogP contribution in [0.3, 0.4) is 0 Å². The van der Waals surface area contributed by atoms with Crippen LogP contribution >= 0.6 is 12.2 Å². The molecule has 1 aliphatic heterocycles. The lowest BCUT2D eigenvalue weighted by molar-refractivity contribution is -0.140. The third-order valence-corrected chi connectivity index (χ3v) is 2.14. The molecule has 1 rings (SSSR count). The summed E-state index contributed by atoms with van der Waals surface area (Å²) in [6.07, 6.45) is 1.28. The number of nitrogens with one attached hydrogen (secondary N) is 1. The molecule has 76 valence electrons. The minimum atomic E-state index is -1.03. The first-order valence-electron chi connectivity index (χ1n) is 4.01. The molecule has 1 saturated heterocycles. The number of amides is 1. The maximum absolute atomic E-state index is 11.5. The van der Waals surface area contributed by atoms with Crippen LogP contribution in [-0.4, -0.2) is 39.6 Å². The summed E-state index contributed by atoms with van der Waals surface area (Å²) in [4.78, 5) is 23.2. The van der Waals surface area contributed by atoms with Gasteiger partial charge in [-0.05, 0) is 12.2 Å². The van der Waals surface area contributed by atoms with Crippen LogP contribution in [0.15, 0.2) is 12.7 Å². The van der Waals surface area contributed by atoms with Crippen LogP contribution in [0.4, 0.5) is 0 Å². The van der Waals surface area contributed by atoms with E-state index in [-0.39, 0.29) is 17.4 Å². The highest BCUT2D eigenvalue weighted by atomic mass is 32.1. The number of carboxylic acids is 1. The fraction of sp³-hybridized carbons (Fsp3) is 0.375. The van der Waals surface area contributed by atoms with Crippen LogP contribution in [0.1, 0.15) is 6.42 Å². The lowest BCUT2D eigenvalue weighted by atomic mass is 10.2. The second kappa shape index (κ2) is 4.19. The van der Waals surface area contributed by atoms with E-state index in [2.05, 4.69) is 11.9 Å². The normalized spacial score (nSPS) is 20.9. The van der Waals surface area contributed by atoms with Gasteiger partial charge in [0.1, 0.15) is 6.04 Å². The zero-order valence-corrected chi connectivity index (χ0v) is 8.21. The minimum Gasteiger partial charge on any atom is -0.481 e. The first kappa shape index (κ1) is 10.6. The van der Waals surface area contributed by atoms with Gasteiger partial charge in [-0.3, -0.25) is 14.5 Å². The van der Waals surface area contributed by atoms with Crippen LogP contribution < -0.4 is 5.32 Å². The molecule has 0 spiro atoms. The maximum atomic E-state index is 11.5. The van der Waals surface area contributed by atoms with Gasteiger partial charge in [0.2, 0.25) is 0 Å². The van der Waals surface area contributed by atoms with E-state index >= 15 is 0 Å². The topological polar surface area (TPSA) is 69.6 Å². The highest BCUT2D eigenvalue weighted by Crippen LogP contribution is 2.09. The van der Waals surface area contributed by atoms with Crippen LogP contribution in [0.25, 0.3) is 0 Å². The second-order valence-corrected chi connectivity index (χ2v) is 3.22. The van der Waals surface area contributed by atoms with E-state index in [9.17, 15) is 9.59 Å². The van der Waals surface area contributed by atoms with Gasteiger partial charge in [-0.25, -0.2) is 0 Å². The van der Waals surface area contributed by atoms with E-state index in [0.717, 1.165) is 0 Å². The molecule has 0 unspecified atom stereocenters. The molecule has 0 aromatic rings. The summed E-state index contributed by atoms with van der Waals surface area (Å²) in [5.41, 5.74) is 0. The molecule has 1 amide bonds. The molecular formula is C8H10N2O3S. The lowest BCUT2D eigenvalue weighted by Gasteiger charge is -2.10. The Labute approximate surface area is 86.4 Å². The molecule has 0 aliphatic carbocycles. The fourth-order valence-electron chi connectivity index (χ4n) is 1.19. The van der Waals surface area contributed by atoms with Crippen molar-refractivity contribution in [3.05, 3.63) is 12.7 Å². The minimum absolute atomic E-state index is 0.257. The van der Waals surface area contributed by atoms with Crippen LogP contribution in [0.5, 0.6) is 0 Å². The number of carboxylic acid groups (broad SMARTS) is 1. The average Bonchev–Trinajstić information content (AvgIpc) is 2.32. The predicted molar refractivity (Wildman–Crippen MR) is 53.7 cm³/mol. The fourth-order valence-corrected chi connectivity index (χ4v) is 1.50. The van der Waals surface area contributed by atoms with Crippen molar-refractivity contribution in [2.75, 3.05) is 6.54 Å². The number of carbonyl (C=O) groups excluding carboxylic acids is 1. The molecule has 1 aliphatic rings. The number of carbonyl (C=O) groups is 2. The standard InChI is InChI=1S/C8H10N2O3S/c1-2-3-10-7(13)5(4-6(11)12)9-8(10)14/h2,5H,1,3-4H2,(H,9,14)(H,11,12)/t5-/m1/s1. The first-order chi connectivity index (χ1) is 6.56. The van der Waals surface area contributed by atoms with Crippen molar-refractivity contribution in [1.29, 1.82) is 0 Å². The molecule has 14 heavy (non-hydrogen) atoms. The van der Waals surface area contributed by atoms with E-state index in [1.807, 2.05) is 0 Å². The lowest BCUT2D eigenvalue weighted by Crippen LogP contribution is -2.32. The maximum Gasteiger partial charge on any atom is 0.305 e. The highest BCUT2D eigenvalue weighted by molar-refractivity contribution is 7.80. The Morgan fingerprint density at radius 3 is 2.93 bits per heavy atom. The van der Waals surface area contributed by atoms with Crippen LogP contribution in [-0.2, 0) is 9.59 Å². The van der Waals surface area contributed by atoms with Gasteiger partial charge in [-0.2, -0.15) is 0 Å². The van der Waals surface area contributed by atoms with E-state index in [0.29, 0.717) is 6.54 Å². The van der Waals surface area contributed by atoms with Crippen molar-refractivity contribution in [2.45, 2.75) is 12.5 Å².